The zero-order valence-corrected chi connectivity index (χ0v) is 13.7. The standard InChI is InChI=1S/C17H20FNO3S/c1-22-16-3-2-13(10-15(16)18)17(21)19-7-4-12(5-8-20)14-6-9-23-11-14/h2-3,6,9-12,20H,4-5,7-8H2,1H3,(H,19,21). The third-order valence-electron chi connectivity index (χ3n) is 3.68. The smallest absolute Gasteiger partial charge is 0.251 e. The molecule has 6 heteroatoms. The number of benzene rings is 1. The van der Waals surface area contributed by atoms with Crippen molar-refractivity contribution < 1.29 is 19.0 Å². The number of hydrogen-bond donors (Lipinski definition) is 2. The zero-order valence-electron chi connectivity index (χ0n) is 12.9. The molecule has 2 aromatic rings. The van der Waals surface area contributed by atoms with Crippen molar-refractivity contribution in [1.29, 1.82) is 0 Å². The Labute approximate surface area is 138 Å². The summed E-state index contributed by atoms with van der Waals surface area (Å²) in [5.74, 6) is -0.558. The molecule has 23 heavy (non-hydrogen) atoms. The van der Waals surface area contributed by atoms with Gasteiger partial charge in [-0.2, -0.15) is 11.3 Å². The maximum absolute atomic E-state index is 13.6. The van der Waals surface area contributed by atoms with E-state index in [9.17, 15) is 9.18 Å². The van der Waals surface area contributed by atoms with Crippen molar-refractivity contribution in [2.45, 2.75) is 18.8 Å². The Morgan fingerprint density at radius 1 is 1.39 bits per heavy atom. The molecule has 2 rings (SSSR count). The molecule has 1 atom stereocenters. The summed E-state index contributed by atoms with van der Waals surface area (Å²) in [4.78, 5) is 12.1. The minimum Gasteiger partial charge on any atom is -0.494 e. The molecule has 1 heterocycles. The summed E-state index contributed by atoms with van der Waals surface area (Å²) in [6.07, 6.45) is 1.38. The maximum atomic E-state index is 13.6. The molecule has 4 nitrogen and oxygen atoms in total. The van der Waals surface area contributed by atoms with Crippen molar-refractivity contribution in [3.05, 3.63) is 52.0 Å². The first kappa shape index (κ1) is 17.4. The monoisotopic (exact) mass is 337 g/mol. The summed E-state index contributed by atoms with van der Waals surface area (Å²) < 4.78 is 18.4. The Morgan fingerprint density at radius 3 is 2.83 bits per heavy atom. The second kappa shape index (κ2) is 8.64. The van der Waals surface area contributed by atoms with Gasteiger partial charge in [0.05, 0.1) is 7.11 Å². The van der Waals surface area contributed by atoms with Crippen molar-refractivity contribution >= 4 is 17.2 Å². The molecule has 2 N–H and O–H groups in total. The molecule has 0 saturated heterocycles. The first-order chi connectivity index (χ1) is 11.2. The topological polar surface area (TPSA) is 58.6 Å². The molecule has 0 radical (unpaired) electrons. The summed E-state index contributed by atoms with van der Waals surface area (Å²) in [7, 11) is 1.38. The molecule has 0 aliphatic rings. The van der Waals surface area contributed by atoms with E-state index in [0.29, 0.717) is 13.0 Å². The van der Waals surface area contributed by atoms with Crippen LogP contribution in [-0.2, 0) is 0 Å². The van der Waals surface area contributed by atoms with Crippen LogP contribution < -0.4 is 10.1 Å². The maximum Gasteiger partial charge on any atom is 0.251 e. The van der Waals surface area contributed by atoms with Crippen LogP contribution in [0.5, 0.6) is 5.75 Å². The van der Waals surface area contributed by atoms with Crippen LogP contribution in [0.1, 0.15) is 34.7 Å². The number of nitrogens with one attached hydrogen (secondary N) is 1. The molecule has 0 fully saturated rings. The highest BCUT2D eigenvalue weighted by Gasteiger charge is 2.13. The highest BCUT2D eigenvalue weighted by molar-refractivity contribution is 7.07. The molecular weight excluding hydrogens is 317 g/mol. The van der Waals surface area contributed by atoms with Gasteiger partial charge < -0.3 is 15.2 Å². The molecule has 0 aliphatic carbocycles. The molecule has 1 amide bonds. The van der Waals surface area contributed by atoms with Crippen LogP contribution in [-0.4, -0.2) is 31.3 Å². The largest absolute Gasteiger partial charge is 0.494 e. The third kappa shape index (κ3) is 4.77. The van der Waals surface area contributed by atoms with Gasteiger partial charge >= 0.3 is 0 Å². The van der Waals surface area contributed by atoms with Gasteiger partial charge in [0.15, 0.2) is 11.6 Å². The Hall–Kier alpha value is -1.92. The van der Waals surface area contributed by atoms with Gasteiger partial charge in [-0.25, -0.2) is 4.39 Å². The predicted octanol–water partition coefficient (Wildman–Crippen LogP) is 3.18. The van der Waals surface area contributed by atoms with Crippen molar-refractivity contribution in [3.8, 4) is 5.75 Å². The van der Waals surface area contributed by atoms with E-state index in [1.165, 1.54) is 24.8 Å². The number of hydrogen-bond acceptors (Lipinski definition) is 4. The van der Waals surface area contributed by atoms with E-state index in [1.807, 2.05) is 11.4 Å². The summed E-state index contributed by atoms with van der Waals surface area (Å²) in [6.45, 7) is 0.575. The first-order valence-electron chi connectivity index (χ1n) is 7.40. The number of halogens is 1. The van der Waals surface area contributed by atoms with Crippen LogP contribution >= 0.6 is 11.3 Å². The molecule has 0 spiro atoms. The fraction of sp³-hybridized carbons (Fsp3) is 0.353. The van der Waals surface area contributed by atoms with Crippen LogP contribution in [0.3, 0.4) is 0 Å². The SMILES string of the molecule is COc1ccc(C(=O)NCCC(CCO)c2ccsc2)cc1F. The van der Waals surface area contributed by atoms with Gasteiger partial charge in [-0.15, -0.1) is 0 Å². The van der Waals surface area contributed by atoms with Crippen LogP contribution in [0.2, 0.25) is 0 Å². The fourth-order valence-electron chi connectivity index (χ4n) is 2.41. The van der Waals surface area contributed by atoms with E-state index < -0.39 is 5.82 Å². The van der Waals surface area contributed by atoms with Crippen LogP contribution in [0.4, 0.5) is 4.39 Å². The van der Waals surface area contributed by atoms with Crippen LogP contribution in [0, 0.1) is 5.82 Å². The molecule has 1 aromatic heterocycles. The predicted molar refractivity (Wildman–Crippen MR) is 88.7 cm³/mol. The number of aliphatic hydroxyl groups excluding tert-OH is 1. The minimum absolute atomic E-state index is 0.109. The molecule has 0 bridgehead atoms. The lowest BCUT2D eigenvalue weighted by Gasteiger charge is -2.15. The van der Waals surface area contributed by atoms with Crippen LogP contribution in [0.15, 0.2) is 35.0 Å². The van der Waals surface area contributed by atoms with Crippen molar-refractivity contribution in [2.24, 2.45) is 0 Å². The lowest BCUT2D eigenvalue weighted by Crippen LogP contribution is -2.26. The number of thiophene rings is 1. The van der Waals surface area contributed by atoms with E-state index in [2.05, 4.69) is 10.7 Å². The number of amides is 1. The molecule has 1 unspecified atom stereocenters. The quantitative estimate of drug-likeness (QED) is 0.778. The van der Waals surface area contributed by atoms with Crippen molar-refractivity contribution in [3.63, 3.8) is 0 Å². The normalized spacial score (nSPS) is 12.0. The number of carbonyl (C=O) groups is 1. The second-order valence-electron chi connectivity index (χ2n) is 5.16. The second-order valence-corrected chi connectivity index (χ2v) is 5.94. The Kier molecular flexibility index (Phi) is 6.55. The lowest BCUT2D eigenvalue weighted by atomic mass is 9.95. The van der Waals surface area contributed by atoms with Crippen LogP contribution in [0.25, 0.3) is 0 Å². The summed E-state index contributed by atoms with van der Waals surface area (Å²) in [6, 6.07) is 6.16. The number of rotatable bonds is 8. The van der Waals surface area contributed by atoms with Crippen molar-refractivity contribution in [2.75, 3.05) is 20.3 Å². The molecule has 1 aromatic carbocycles. The molecular formula is C17H20FNO3S. The molecule has 124 valence electrons. The highest BCUT2D eigenvalue weighted by atomic mass is 32.1. The molecule has 0 saturated carbocycles. The summed E-state index contributed by atoms with van der Waals surface area (Å²) in [5.41, 5.74) is 1.44. The van der Waals surface area contributed by atoms with Gasteiger partial charge in [-0.3, -0.25) is 4.79 Å². The zero-order chi connectivity index (χ0) is 16.7. The number of carbonyl (C=O) groups excluding carboxylic acids is 1. The lowest BCUT2D eigenvalue weighted by molar-refractivity contribution is 0.0951. The van der Waals surface area contributed by atoms with Gasteiger partial charge in [0.1, 0.15) is 0 Å². The minimum atomic E-state index is -0.559. The van der Waals surface area contributed by atoms with Gasteiger partial charge in [0.2, 0.25) is 0 Å². The number of methoxy groups -OCH3 is 1. The van der Waals surface area contributed by atoms with Gasteiger partial charge in [-0.05, 0) is 59.3 Å². The third-order valence-corrected chi connectivity index (χ3v) is 4.39. The highest BCUT2D eigenvalue weighted by Crippen LogP contribution is 2.25. The van der Waals surface area contributed by atoms with Gasteiger partial charge in [0.25, 0.3) is 5.91 Å². The Bertz CT molecular complexity index is 631. The Balaban J connectivity index is 1.89. The van der Waals surface area contributed by atoms with E-state index >= 15 is 0 Å². The number of aliphatic hydroxyl groups is 1. The average molecular weight is 337 g/mol. The Morgan fingerprint density at radius 2 is 2.22 bits per heavy atom. The molecule has 0 aliphatic heterocycles. The van der Waals surface area contributed by atoms with E-state index in [-0.39, 0.29) is 29.7 Å². The first-order valence-corrected chi connectivity index (χ1v) is 8.34. The van der Waals surface area contributed by atoms with Crippen molar-refractivity contribution in [1.82, 2.24) is 5.32 Å². The number of ether oxygens (including phenoxy) is 1. The van der Waals surface area contributed by atoms with E-state index in [4.69, 9.17) is 9.84 Å². The van der Waals surface area contributed by atoms with E-state index in [1.54, 1.807) is 11.3 Å². The van der Waals surface area contributed by atoms with Gasteiger partial charge in [0, 0.05) is 18.7 Å². The fourth-order valence-corrected chi connectivity index (χ4v) is 3.15. The summed E-state index contributed by atoms with van der Waals surface area (Å²) in [5, 5.41) is 16.0. The van der Waals surface area contributed by atoms with E-state index in [0.717, 1.165) is 12.5 Å². The van der Waals surface area contributed by atoms with Gasteiger partial charge in [-0.1, -0.05) is 0 Å². The summed E-state index contributed by atoms with van der Waals surface area (Å²) >= 11 is 1.61. The average Bonchev–Trinajstić information content (AvgIpc) is 3.08.